The fourth-order valence-corrected chi connectivity index (χ4v) is 2.45. The average Bonchev–Trinajstić information content (AvgIpc) is 2.70. The van der Waals surface area contributed by atoms with E-state index in [4.69, 9.17) is 9.47 Å². The lowest BCUT2D eigenvalue weighted by Crippen LogP contribution is -2.17. The molecule has 0 atom stereocenters. The Hall–Kier alpha value is -3.47. The Bertz CT molecular complexity index is 947. The molecule has 0 heterocycles. The SMILES string of the molecule is CCCOc1cc(/C=C(\C#N)C(=O)Nc2ccccc2C(F)(F)F)ccc1OC. The lowest BCUT2D eigenvalue weighted by atomic mass is 10.1. The number of anilines is 1. The molecule has 0 unspecified atom stereocenters. The molecule has 0 aromatic heterocycles. The molecule has 0 aliphatic rings. The van der Waals surface area contributed by atoms with Crippen LogP contribution in [0.25, 0.3) is 6.08 Å². The summed E-state index contributed by atoms with van der Waals surface area (Å²) in [5, 5.41) is 11.5. The van der Waals surface area contributed by atoms with Crippen LogP contribution in [0.1, 0.15) is 24.5 Å². The van der Waals surface area contributed by atoms with Crippen LogP contribution in [0.4, 0.5) is 18.9 Å². The topological polar surface area (TPSA) is 71.3 Å². The number of nitriles is 1. The summed E-state index contributed by atoms with van der Waals surface area (Å²) < 4.78 is 50.1. The smallest absolute Gasteiger partial charge is 0.418 e. The fourth-order valence-electron chi connectivity index (χ4n) is 2.45. The molecule has 0 radical (unpaired) electrons. The fraction of sp³-hybridized carbons (Fsp3) is 0.238. The predicted molar refractivity (Wildman–Crippen MR) is 102 cm³/mol. The van der Waals surface area contributed by atoms with E-state index >= 15 is 0 Å². The molecular formula is C21H19F3N2O3. The van der Waals surface area contributed by atoms with E-state index in [0.29, 0.717) is 23.7 Å². The van der Waals surface area contributed by atoms with Gasteiger partial charge in [0.25, 0.3) is 5.91 Å². The molecule has 8 heteroatoms. The van der Waals surface area contributed by atoms with Crippen LogP contribution in [0.3, 0.4) is 0 Å². The number of ether oxygens (including phenoxy) is 2. The van der Waals surface area contributed by atoms with Gasteiger partial charge in [0.15, 0.2) is 11.5 Å². The van der Waals surface area contributed by atoms with Crippen LogP contribution in [0.15, 0.2) is 48.0 Å². The van der Waals surface area contributed by atoms with Gasteiger partial charge in [-0.3, -0.25) is 4.79 Å². The minimum atomic E-state index is -4.64. The van der Waals surface area contributed by atoms with E-state index in [2.05, 4.69) is 5.32 Å². The lowest BCUT2D eigenvalue weighted by molar-refractivity contribution is -0.137. The van der Waals surface area contributed by atoms with Crippen molar-refractivity contribution in [2.45, 2.75) is 19.5 Å². The first-order chi connectivity index (χ1) is 13.8. The van der Waals surface area contributed by atoms with E-state index in [0.717, 1.165) is 18.6 Å². The Kier molecular flexibility index (Phi) is 7.26. The van der Waals surface area contributed by atoms with E-state index < -0.39 is 23.3 Å². The van der Waals surface area contributed by atoms with Gasteiger partial charge in [-0.25, -0.2) is 0 Å². The molecule has 0 bridgehead atoms. The van der Waals surface area contributed by atoms with Gasteiger partial charge in [-0.15, -0.1) is 0 Å². The van der Waals surface area contributed by atoms with Crippen LogP contribution in [0.2, 0.25) is 0 Å². The van der Waals surface area contributed by atoms with E-state index in [1.807, 2.05) is 6.92 Å². The van der Waals surface area contributed by atoms with Crippen molar-refractivity contribution in [1.29, 1.82) is 5.26 Å². The Labute approximate surface area is 166 Å². The van der Waals surface area contributed by atoms with Crippen molar-refractivity contribution in [1.82, 2.24) is 0 Å². The number of hydrogen-bond donors (Lipinski definition) is 1. The number of carbonyl (C=O) groups is 1. The van der Waals surface area contributed by atoms with Crippen molar-refractivity contribution in [3.8, 4) is 17.6 Å². The molecule has 2 aromatic rings. The lowest BCUT2D eigenvalue weighted by Gasteiger charge is -2.13. The van der Waals surface area contributed by atoms with Gasteiger partial charge in [0.05, 0.1) is 25.0 Å². The van der Waals surface area contributed by atoms with Crippen LogP contribution >= 0.6 is 0 Å². The third kappa shape index (κ3) is 5.75. The third-order valence-corrected chi connectivity index (χ3v) is 3.81. The van der Waals surface area contributed by atoms with Gasteiger partial charge in [-0.05, 0) is 42.3 Å². The summed E-state index contributed by atoms with van der Waals surface area (Å²) in [6, 6.07) is 11.1. The molecule has 29 heavy (non-hydrogen) atoms. The standard InChI is InChI=1S/C21H19F3N2O3/c1-3-10-29-19-12-14(8-9-18(19)28-2)11-15(13-25)20(27)26-17-7-5-4-6-16(17)21(22,23)24/h4-9,11-12H,3,10H2,1-2H3,(H,26,27)/b15-11+. The number of halogens is 3. The number of carbonyl (C=O) groups excluding carboxylic acids is 1. The van der Waals surface area contributed by atoms with E-state index in [1.165, 1.54) is 25.3 Å². The maximum Gasteiger partial charge on any atom is 0.418 e. The van der Waals surface area contributed by atoms with Crippen molar-refractivity contribution in [2.24, 2.45) is 0 Å². The van der Waals surface area contributed by atoms with Crippen molar-refractivity contribution >= 4 is 17.7 Å². The molecule has 0 spiro atoms. The Morgan fingerprint density at radius 1 is 1.21 bits per heavy atom. The Balaban J connectivity index is 2.31. The first-order valence-electron chi connectivity index (χ1n) is 8.70. The number of methoxy groups -OCH3 is 1. The predicted octanol–water partition coefficient (Wildman–Crippen LogP) is 5.05. The van der Waals surface area contributed by atoms with Crippen molar-refractivity contribution < 1.29 is 27.4 Å². The number of alkyl halides is 3. The number of hydrogen-bond acceptors (Lipinski definition) is 4. The molecule has 152 valence electrons. The quantitative estimate of drug-likeness (QED) is 0.518. The number of para-hydroxylation sites is 1. The Morgan fingerprint density at radius 2 is 1.93 bits per heavy atom. The summed E-state index contributed by atoms with van der Waals surface area (Å²) >= 11 is 0. The molecule has 0 saturated carbocycles. The second kappa shape index (κ2) is 9.64. The number of benzene rings is 2. The minimum Gasteiger partial charge on any atom is -0.493 e. The molecule has 0 saturated heterocycles. The molecule has 5 nitrogen and oxygen atoms in total. The van der Waals surface area contributed by atoms with Crippen LogP contribution in [-0.2, 0) is 11.0 Å². The highest BCUT2D eigenvalue weighted by atomic mass is 19.4. The molecule has 1 N–H and O–H groups in total. The summed E-state index contributed by atoms with van der Waals surface area (Å²) in [4.78, 5) is 12.4. The van der Waals surface area contributed by atoms with E-state index in [-0.39, 0.29) is 5.57 Å². The van der Waals surface area contributed by atoms with Gasteiger partial charge < -0.3 is 14.8 Å². The normalized spacial score (nSPS) is 11.5. The zero-order valence-corrected chi connectivity index (χ0v) is 15.8. The number of amides is 1. The van der Waals surface area contributed by atoms with Gasteiger partial charge in [0, 0.05) is 0 Å². The largest absolute Gasteiger partial charge is 0.493 e. The van der Waals surface area contributed by atoms with Crippen LogP contribution in [0, 0.1) is 11.3 Å². The zero-order chi connectivity index (χ0) is 21.4. The molecule has 1 amide bonds. The van der Waals surface area contributed by atoms with Crippen LogP contribution in [0.5, 0.6) is 11.5 Å². The maximum atomic E-state index is 13.1. The number of nitrogens with one attached hydrogen (secondary N) is 1. The van der Waals surface area contributed by atoms with Gasteiger partial charge in [0.2, 0.25) is 0 Å². The van der Waals surface area contributed by atoms with Crippen molar-refractivity contribution in [3.05, 3.63) is 59.2 Å². The maximum absolute atomic E-state index is 13.1. The highest BCUT2D eigenvalue weighted by molar-refractivity contribution is 6.10. The van der Waals surface area contributed by atoms with Crippen molar-refractivity contribution in [2.75, 3.05) is 19.0 Å². The average molecular weight is 404 g/mol. The van der Waals surface area contributed by atoms with Crippen LogP contribution < -0.4 is 14.8 Å². The number of nitrogens with zero attached hydrogens (tertiary/aromatic N) is 1. The second-order valence-electron chi connectivity index (χ2n) is 5.93. The first kappa shape index (κ1) is 21.8. The summed E-state index contributed by atoms with van der Waals surface area (Å²) in [6.07, 6.45) is -2.60. The van der Waals surface area contributed by atoms with Crippen LogP contribution in [-0.4, -0.2) is 19.6 Å². The van der Waals surface area contributed by atoms with Crippen molar-refractivity contribution in [3.63, 3.8) is 0 Å². The first-order valence-corrected chi connectivity index (χ1v) is 8.70. The summed E-state index contributed by atoms with van der Waals surface area (Å²) in [5.41, 5.74) is -1.31. The second-order valence-corrected chi connectivity index (χ2v) is 5.93. The highest BCUT2D eigenvalue weighted by Gasteiger charge is 2.33. The summed E-state index contributed by atoms with van der Waals surface area (Å²) in [7, 11) is 1.48. The molecular weight excluding hydrogens is 385 g/mol. The third-order valence-electron chi connectivity index (χ3n) is 3.81. The molecule has 0 aliphatic heterocycles. The van der Waals surface area contributed by atoms with Gasteiger partial charge >= 0.3 is 6.18 Å². The molecule has 0 aliphatic carbocycles. The minimum absolute atomic E-state index is 0.353. The summed E-state index contributed by atoms with van der Waals surface area (Å²) in [6.45, 7) is 2.39. The van der Waals surface area contributed by atoms with E-state index in [1.54, 1.807) is 24.3 Å². The number of rotatable bonds is 7. The molecule has 2 rings (SSSR count). The van der Waals surface area contributed by atoms with E-state index in [9.17, 15) is 23.2 Å². The highest BCUT2D eigenvalue weighted by Crippen LogP contribution is 2.35. The molecule has 0 fully saturated rings. The Morgan fingerprint density at radius 3 is 2.55 bits per heavy atom. The summed E-state index contributed by atoms with van der Waals surface area (Å²) in [5.74, 6) is -0.0306. The van der Waals surface area contributed by atoms with Gasteiger partial charge in [0.1, 0.15) is 11.6 Å². The molecule has 2 aromatic carbocycles. The zero-order valence-electron chi connectivity index (χ0n) is 15.8. The van der Waals surface area contributed by atoms with Gasteiger partial charge in [-0.1, -0.05) is 25.1 Å². The van der Waals surface area contributed by atoms with Gasteiger partial charge in [-0.2, -0.15) is 18.4 Å². The monoisotopic (exact) mass is 404 g/mol.